The quantitative estimate of drug-likeness (QED) is 0.558. The van der Waals surface area contributed by atoms with Crippen molar-refractivity contribution in [2.45, 2.75) is 65.2 Å². The molecular formula is C17H28. The lowest BCUT2D eigenvalue weighted by Crippen LogP contribution is -2.37. The molecule has 0 aliphatic heterocycles. The first-order chi connectivity index (χ1) is 8.19. The average molecular weight is 232 g/mol. The maximum Gasteiger partial charge on any atom is -0.0235 e. The number of fused-ring (bicyclic) bond motifs is 3. The summed E-state index contributed by atoms with van der Waals surface area (Å²) in [4.78, 5) is 0. The molecule has 5 aliphatic rings. The van der Waals surface area contributed by atoms with Crippen LogP contribution in [0.25, 0.3) is 0 Å². The van der Waals surface area contributed by atoms with Crippen molar-refractivity contribution >= 4 is 0 Å². The normalized spacial score (nSPS) is 61.1. The third-order valence-electron chi connectivity index (χ3n) is 7.55. The van der Waals surface area contributed by atoms with Crippen molar-refractivity contribution in [2.75, 3.05) is 0 Å². The largest absolute Gasteiger partial charge is 0.0622 e. The lowest BCUT2D eigenvalue weighted by molar-refractivity contribution is 0.0416. The molecule has 0 heteroatoms. The fourth-order valence-corrected chi connectivity index (χ4v) is 6.72. The van der Waals surface area contributed by atoms with Gasteiger partial charge >= 0.3 is 0 Å². The maximum atomic E-state index is 2.57. The molecule has 0 N–H and O–H groups in total. The van der Waals surface area contributed by atoms with Gasteiger partial charge < -0.3 is 0 Å². The first-order valence-electron chi connectivity index (χ1n) is 8.19. The number of rotatable bonds is 0. The van der Waals surface area contributed by atoms with Gasteiger partial charge in [-0.25, -0.2) is 0 Å². The summed E-state index contributed by atoms with van der Waals surface area (Å²) >= 11 is 0. The molecule has 3 bridgehead atoms. The molecule has 5 fully saturated rings. The Morgan fingerprint density at radius 2 is 1.76 bits per heavy atom. The van der Waals surface area contributed by atoms with Crippen molar-refractivity contribution in [1.82, 2.24) is 0 Å². The van der Waals surface area contributed by atoms with E-state index in [2.05, 4.69) is 13.8 Å². The minimum absolute atomic E-state index is 0.852. The van der Waals surface area contributed by atoms with Crippen LogP contribution in [-0.2, 0) is 0 Å². The van der Waals surface area contributed by atoms with E-state index < -0.39 is 0 Å². The summed E-state index contributed by atoms with van der Waals surface area (Å²) in [5.41, 5.74) is 0.852. The highest BCUT2D eigenvalue weighted by Gasteiger charge is 2.60. The lowest BCUT2D eigenvalue weighted by Gasteiger charge is -2.45. The highest BCUT2D eigenvalue weighted by atomic mass is 14.6. The van der Waals surface area contributed by atoms with E-state index in [1.165, 1.54) is 0 Å². The summed E-state index contributed by atoms with van der Waals surface area (Å²) < 4.78 is 0. The predicted octanol–water partition coefficient (Wildman–Crippen LogP) is 4.89. The molecule has 0 aromatic carbocycles. The Morgan fingerprint density at radius 1 is 0.882 bits per heavy atom. The average Bonchev–Trinajstić information content (AvgIpc) is 2.79. The van der Waals surface area contributed by atoms with Crippen molar-refractivity contribution in [3.05, 3.63) is 0 Å². The molecule has 5 aliphatic carbocycles. The highest BCUT2D eigenvalue weighted by Crippen LogP contribution is 2.68. The number of hydrogen-bond donors (Lipinski definition) is 0. The molecule has 1 spiro atoms. The Bertz CT molecular complexity index is 320. The summed E-state index contributed by atoms with van der Waals surface area (Å²) in [5.74, 6) is 6.55. The minimum atomic E-state index is 0.852. The van der Waals surface area contributed by atoms with E-state index in [4.69, 9.17) is 0 Å². The molecule has 0 saturated heterocycles. The van der Waals surface area contributed by atoms with Gasteiger partial charge in [0, 0.05) is 0 Å². The van der Waals surface area contributed by atoms with Crippen LogP contribution in [0.3, 0.4) is 0 Å². The van der Waals surface area contributed by atoms with Crippen LogP contribution in [0.1, 0.15) is 65.2 Å². The molecule has 7 atom stereocenters. The highest BCUT2D eigenvalue weighted by molar-refractivity contribution is 5.09. The summed E-state index contributed by atoms with van der Waals surface area (Å²) in [6.45, 7) is 5.13. The summed E-state index contributed by atoms with van der Waals surface area (Å²) in [6.07, 6.45) is 12.7. The van der Waals surface area contributed by atoms with Crippen LogP contribution in [0, 0.1) is 40.9 Å². The molecule has 17 heavy (non-hydrogen) atoms. The Morgan fingerprint density at radius 3 is 2.65 bits per heavy atom. The summed E-state index contributed by atoms with van der Waals surface area (Å²) in [6, 6.07) is 0. The lowest BCUT2D eigenvalue weighted by atomic mass is 9.60. The molecule has 0 aromatic heterocycles. The number of hydrogen-bond acceptors (Lipinski definition) is 0. The van der Waals surface area contributed by atoms with Crippen LogP contribution >= 0.6 is 0 Å². The molecule has 0 nitrogen and oxygen atoms in total. The van der Waals surface area contributed by atoms with Crippen molar-refractivity contribution in [1.29, 1.82) is 0 Å². The zero-order valence-electron chi connectivity index (χ0n) is 11.6. The standard InChI is InChI=1S/C17H28/c1-11-3-4-13-8-15-7-12(2)16-9-14(11)5-6-17(15,16)10-13/h11-16H,3-10H2,1-2H3. The van der Waals surface area contributed by atoms with Crippen molar-refractivity contribution in [2.24, 2.45) is 40.9 Å². The third-order valence-corrected chi connectivity index (χ3v) is 7.55. The fourth-order valence-electron chi connectivity index (χ4n) is 6.72. The SMILES string of the molecule is CC1CCC2CC3CC(C)C4CC1CCC34C2. The maximum absolute atomic E-state index is 2.57. The van der Waals surface area contributed by atoms with Crippen molar-refractivity contribution in [3.8, 4) is 0 Å². The van der Waals surface area contributed by atoms with Crippen LogP contribution in [-0.4, -0.2) is 0 Å². The van der Waals surface area contributed by atoms with Gasteiger partial charge in [-0.1, -0.05) is 26.7 Å². The van der Waals surface area contributed by atoms with Gasteiger partial charge in [-0.05, 0) is 79.4 Å². The van der Waals surface area contributed by atoms with E-state index in [-0.39, 0.29) is 0 Å². The first-order valence-corrected chi connectivity index (χ1v) is 8.19. The molecule has 5 saturated carbocycles. The van der Waals surface area contributed by atoms with Gasteiger partial charge in [0.2, 0.25) is 0 Å². The molecular weight excluding hydrogens is 204 g/mol. The van der Waals surface area contributed by atoms with Crippen LogP contribution in [0.4, 0.5) is 0 Å². The second kappa shape index (κ2) is 3.52. The van der Waals surface area contributed by atoms with E-state index in [1.807, 2.05) is 0 Å². The second-order valence-electron chi connectivity index (χ2n) is 8.14. The third kappa shape index (κ3) is 1.36. The first kappa shape index (κ1) is 10.9. The van der Waals surface area contributed by atoms with Crippen LogP contribution in [0.2, 0.25) is 0 Å². The van der Waals surface area contributed by atoms with E-state index in [0.29, 0.717) is 0 Å². The van der Waals surface area contributed by atoms with Crippen LogP contribution in [0.5, 0.6) is 0 Å². The summed E-state index contributed by atoms with van der Waals surface area (Å²) in [5, 5.41) is 0. The Balaban J connectivity index is 1.75. The summed E-state index contributed by atoms with van der Waals surface area (Å²) in [7, 11) is 0. The Hall–Kier alpha value is 0. The van der Waals surface area contributed by atoms with E-state index in [0.717, 1.165) is 40.9 Å². The smallest absolute Gasteiger partial charge is 0.0235 e. The topological polar surface area (TPSA) is 0 Å². The van der Waals surface area contributed by atoms with Gasteiger partial charge in [0.1, 0.15) is 0 Å². The Labute approximate surface area is 107 Å². The van der Waals surface area contributed by atoms with Crippen molar-refractivity contribution < 1.29 is 0 Å². The van der Waals surface area contributed by atoms with Gasteiger partial charge in [0.25, 0.3) is 0 Å². The molecule has 96 valence electrons. The molecule has 0 aromatic rings. The Kier molecular flexibility index (Phi) is 2.25. The minimum Gasteiger partial charge on any atom is -0.0622 e. The van der Waals surface area contributed by atoms with Crippen molar-refractivity contribution in [3.63, 3.8) is 0 Å². The van der Waals surface area contributed by atoms with Gasteiger partial charge in [0.05, 0.1) is 0 Å². The van der Waals surface area contributed by atoms with Gasteiger partial charge in [-0.15, -0.1) is 0 Å². The van der Waals surface area contributed by atoms with Crippen LogP contribution < -0.4 is 0 Å². The molecule has 0 amide bonds. The zero-order chi connectivity index (χ0) is 11.6. The van der Waals surface area contributed by atoms with E-state index >= 15 is 0 Å². The van der Waals surface area contributed by atoms with Gasteiger partial charge in [-0.2, -0.15) is 0 Å². The van der Waals surface area contributed by atoms with E-state index in [9.17, 15) is 0 Å². The molecule has 0 heterocycles. The van der Waals surface area contributed by atoms with E-state index in [1.54, 1.807) is 51.4 Å². The zero-order valence-corrected chi connectivity index (χ0v) is 11.6. The van der Waals surface area contributed by atoms with Gasteiger partial charge in [0.15, 0.2) is 0 Å². The molecule has 5 rings (SSSR count). The monoisotopic (exact) mass is 232 g/mol. The predicted molar refractivity (Wildman–Crippen MR) is 71.7 cm³/mol. The second-order valence-corrected chi connectivity index (χ2v) is 8.14. The molecule has 0 radical (unpaired) electrons. The fraction of sp³-hybridized carbons (Fsp3) is 1.00. The molecule has 7 unspecified atom stereocenters. The van der Waals surface area contributed by atoms with Crippen LogP contribution in [0.15, 0.2) is 0 Å². The van der Waals surface area contributed by atoms with Gasteiger partial charge in [-0.3, -0.25) is 0 Å².